The molecule has 0 saturated carbocycles. The second-order valence-electron chi connectivity index (χ2n) is 6.60. The van der Waals surface area contributed by atoms with E-state index in [0.717, 1.165) is 22.0 Å². The Morgan fingerprint density at radius 1 is 1.41 bits per heavy atom. The molecule has 1 aromatic heterocycles. The third kappa shape index (κ3) is 5.47. The molecule has 0 radical (unpaired) electrons. The largest absolute Gasteiger partial charge is 0.470 e. The summed E-state index contributed by atoms with van der Waals surface area (Å²) in [5.41, 5.74) is 1.44. The van der Waals surface area contributed by atoms with Gasteiger partial charge in [0.05, 0.1) is 17.3 Å². The van der Waals surface area contributed by atoms with Crippen molar-refractivity contribution in [2.45, 2.75) is 31.7 Å². The number of aromatic nitrogens is 1. The molecule has 0 spiro atoms. The molecule has 0 aliphatic carbocycles. The van der Waals surface area contributed by atoms with Gasteiger partial charge >= 0.3 is 0 Å². The van der Waals surface area contributed by atoms with Crippen LogP contribution in [0.2, 0.25) is 0 Å². The lowest BCUT2D eigenvalue weighted by Crippen LogP contribution is -2.49. The molecule has 1 atom stereocenters. The minimum Gasteiger partial charge on any atom is -0.470 e. The van der Waals surface area contributed by atoms with Gasteiger partial charge in [0.15, 0.2) is 0 Å². The molecule has 1 unspecified atom stereocenters. The Hall–Kier alpha value is -2.54. The normalized spacial score (nSPS) is 12.8. The summed E-state index contributed by atoms with van der Waals surface area (Å²) in [6.07, 6.45) is 6.89. The number of oxime groups is 1. The standard InChI is InChI=1S/C20H25N3O3S/c1-7-14-9-15-10-16(8-13(2)17(15)21-11-14)26-19(27-6)18(24)23-20(3,4)12-22-25-5/h7-12,19H,1H2,2-6H3,(H,23,24)/b22-12+. The Morgan fingerprint density at radius 2 is 2.15 bits per heavy atom. The van der Waals surface area contributed by atoms with Crippen molar-refractivity contribution in [2.75, 3.05) is 13.4 Å². The van der Waals surface area contributed by atoms with E-state index in [4.69, 9.17) is 4.74 Å². The summed E-state index contributed by atoms with van der Waals surface area (Å²) in [5.74, 6) is 0.367. The number of pyridine rings is 1. The molecule has 7 heteroatoms. The summed E-state index contributed by atoms with van der Waals surface area (Å²) < 4.78 is 5.96. The average molecular weight is 388 g/mol. The summed E-state index contributed by atoms with van der Waals surface area (Å²) in [4.78, 5) is 21.8. The van der Waals surface area contributed by atoms with E-state index in [1.807, 2.05) is 45.2 Å². The quantitative estimate of drug-likeness (QED) is 0.424. The maximum absolute atomic E-state index is 12.6. The summed E-state index contributed by atoms with van der Waals surface area (Å²) in [5, 5.41) is 7.56. The van der Waals surface area contributed by atoms with E-state index in [-0.39, 0.29) is 5.91 Å². The highest BCUT2D eigenvalue weighted by Gasteiger charge is 2.26. The summed E-state index contributed by atoms with van der Waals surface area (Å²) >= 11 is 1.31. The van der Waals surface area contributed by atoms with Crippen molar-refractivity contribution in [3.8, 4) is 5.75 Å². The first-order valence-electron chi connectivity index (χ1n) is 8.41. The molecule has 0 saturated heterocycles. The number of hydrogen-bond acceptors (Lipinski definition) is 6. The molecule has 1 amide bonds. The number of rotatable bonds is 8. The molecule has 0 fully saturated rings. The second kappa shape index (κ2) is 8.90. The van der Waals surface area contributed by atoms with E-state index in [1.54, 1.807) is 12.3 Å². The van der Waals surface area contributed by atoms with Crippen LogP contribution in [0.4, 0.5) is 0 Å². The van der Waals surface area contributed by atoms with Gasteiger partial charge in [0, 0.05) is 11.6 Å². The van der Waals surface area contributed by atoms with Gasteiger partial charge in [-0.15, -0.1) is 11.8 Å². The molecular weight excluding hydrogens is 362 g/mol. The zero-order valence-corrected chi connectivity index (χ0v) is 17.1. The Morgan fingerprint density at radius 3 is 2.78 bits per heavy atom. The number of nitrogens with one attached hydrogen (secondary N) is 1. The number of ether oxygens (including phenoxy) is 1. The van der Waals surface area contributed by atoms with Crippen LogP contribution in [-0.4, -0.2) is 41.4 Å². The molecule has 27 heavy (non-hydrogen) atoms. The van der Waals surface area contributed by atoms with Gasteiger partial charge < -0.3 is 14.9 Å². The van der Waals surface area contributed by atoms with E-state index in [0.29, 0.717) is 5.75 Å². The van der Waals surface area contributed by atoms with Crippen LogP contribution in [0.5, 0.6) is 5.75 Å². The zero-order valence-electron chi connectivity index (χ0n) is 16.3. The van der Waals surface area contributed by atoms with Gasteiger partial charge in [-0.1, -0.05) is 17.8 Å². The van der Waals surface area contributed by atoms with Gasteiger partial charge in [0.2, 0.25) is 5.44 Å². The van der Waals surface area contributed by atoms with E-state index in [1.165, 1.54) is 25.1 Å². The number of fused-ring (bicyclic) bond motifs is 1. The van der Waals surface area contributed by atoms with Gasteiger partial charge in [0.1, 0.15) is 12.9 Å². The summed E-state index contributed by atoms with van der Waals surface area (Å²) in [6.45, 7) is 9.40. The predicted molar refractivity (Wildman–Crippen MR) is 112 cm³/mol. The van der Waals surface area contributed by atoms with Crippen molar-refractivity contribution in [1.29, 1.82) is 0 Å². The van der Waals surface area contributed by atoms with Gasteiger partial charge in [-0.25, -0.2) is 0 Å². The predicted octanol–water partition coefficient (Wildman–Crippen LogP) is 3.78. The van der Waals surface area contributed by atoms with Gasteiger partial charge in [-0.2, -0.15) is 0 Å². The van der Waals surface area contributed by atoms with Gasteiger partial charge in [0.25, 0.3) is 5.91 Å². The van der Waals surface area contributed by atoms with E-state index >= 15 is 0 Å². The SMILES string of the molecule is C=Cc1cnc2c(C)cc(OC(SC)C(=O)NC(C)(C)/C=N/OC)cc2c1. The van der Waals surface area contributed by atoms with Crippen LogP contribution in [-0.2, 0) is 9.63 Å². The minimum atomic E-state index is -0.701. The lowest BCUT2D eigenvalue weighted by atomic mass is 10.1. The molecule has 2 rings (SSSR count). The van der Waals surface area contributed by atoms with Crippen LogP contribution >= 0.6 is 11.8 Å². The van der Waals surface area contributed by atoms with E-state index < -0.39 is 11.0 Å². The number of carbonyl (C=O) groups is 1. The Labute approximate surface area is 164 Å². The first-order valence-corrected chi connectivity index (χ1v) is 9.70. The highest BCUT2D eigenvalue weighted by Crippen LogP contribution is 2.26. The maximum atomic E-state index is 12.6. The number of aryl methyl sites for hydroxylation is 1. The third-order valence-corrected chi connectivity index (χ3v) is 4.54. The Bertz CT molecular complexity index is 865. The first kappa shape index (κ1) is 20.8. The third-order valence-electron chi connectivity index (χ3n) is 3.80. The summed E-state index contributed by atoms with van der Waals surface area (Å²) in [6, 6.07) is 5.76. The van der Waals surface area contributed by atoms with Gasteiger partial charge in [-0.05, 0) is 56.4 Å². The molecule has 6 nitrogen and oxygen atoms in total. The molecule has 1 aromatic carbocycles. The number of thioether (sulfide) groups is 1. The number of benzene rings is 1. The van der Waals surface area contributed by atoms with Crippen LogP contribution in [0.25, 0.3) is 17.0 Å². The fraction of sp³-hybridized carbons (Fsp3) is 0.350. The van der Waals surface area contributed by atoms with Crippen LogP contribution in [0, 0.1) is 6.92 Å². The maximum Gasteiger partial charge on any atom is 0.272 e. The lowest BCUT2D eigenvalue weighted by molar-refractivity contribution is -0.125. The molecule has 144 valence electrons. The summed E-state index contributed by atoms with van der Waals surface area (Å²) in [7, 11) is 1.46. The topological polar surface area (TPSA) is 72.8 Å². The van der Waals surface area contributed by atoms with Crippen molar-refractivity contribution in [2.24, 2.45) is 5.16 Å². The highest BCUT2D eigenvalue weighted by molar-refractivity contribution is 7.99. The second-order valence-corrected chi connectivity index (χ2v) is 7.50. The van der Waals surface area contributed by atoms with Crippen molar-refractivity contribution in [3.63, 3.8) is 0 Å². The molecule has 0 aliphatic heterocycles. The zero-order chi connectivity index (χ0) is 20.0. The smallest absolute Gasteiger partial charge is 0.272 e. The van der Waals surface area contributed by atoms with Crippen LogP contribution < -0.4 is 10.1 Å². The minimum absolute atomic E-state index is 0.245. The molecule has 0 bridgehead atoms. The Kier molecular flexibility index (Phi) is 6.85. The average Bonchev–Trinajstić information content (AvgIpc) is 2.63. The molecular formula is C20H25N3O3S. The fourth-order valence-corrected chi connectivity index (χ4v) is 3.00. The van der Waals surface area contributed by atoms with Crippen molar-refractivity contribution >= 4 is 40.9 Å². The molecule has 1 N–H and O–H groups in total. The molecule has 2 aromatic rings. The van der Waals surface area contributed by atoms with E-state index in [9.17, 15) is 4.79 Å². The van der Waals surface area contributed by atoms with Crippen LogP contribution in [0.1, 0.15) is 25.0 Å². The number of carbonyl (C=O) groups excluding carboxylic acids is 1. The van der Waals surface area contributed by atoms with Crippen molar-refractivity contribution < 1.29 is 14.4 Å². The first-order chi connectivity index (χ1) is 12.8. The van der Waals surface area contributed by atoms with Gasteiger partial charge in [-0.3, -0.25) is 9.78 Å². The van der Waals surface area contributed by atoms with Crippen LogP contribution in [0.15, 0.2) is 36.1 Å². The Balaban J connectivity index is 2.23. The monoisotopic (exact) mass is 387 g/mol. The lowest BCUT2D eigenvalue weighted by Gasteiger charge is -2.24. The fourth-order valence-electron chi connectivity index (χ4n) is 2.52. The van der Waals surface area contributed by atoms with Crippen molar-refractivity contribution in [1.82, 2.24) is 10.3 Å². The number of nitrogens with zero attached hydrogens (tertiary/aromatic N) is 2. The number of hydrogen-bond donors (Lipinski definition) is 1. The molecule has 1 heterocycles. The van der Waals surface area contributed by atoms with Crippen LogP contribution in [0.3, 0.4) is 0 Å². The highest BCUT2D eigenvalue weighted by atomic mass is 32.2. The van der Waals surface area contributed by atoms with Crippen molar-refractivity contribution in [3.05, 3.63) is 42.1 Å². The van der Waals surface area contributed by atoms with E-state index in [2.05, 4.69) is 26.9 Å². The number of amides is 1. The molecule has 0 aliphatic rings.